The lowest BCUT2D eigenvalue weighted by Crippen LogP contribution is -2.28. The van der Waals surface area contributed by atoms with Crippen LogP contribution >= 0.6 is 0 Å². The van der Waals surface area contributed by atoms with E-state index in [0.717, 1.165) is 0 Å². The van der Waals surface area contributed by atoms with Crippen LogP contribution in [0.25, 0.3) is 44.7 Å². The highest BCUT2D eigenvalue weighted by atomic mass is 15.0. The molecule has 34 heavy (non-hydrogen) atoms. The van der Waals surface area contributed by atoms with Crippen molar-refractivity contribution in [1.29, 1.82) is 0 Å². The number of nitrogens with zero attached hydrogens (tertiary/aromatic N) is 1. The Kier molecular flexibility index (Phi) is 6.84. The highest BCUT2D eigenvalue weighted by Gasteiger charge is 2.20. The van der Waals surface area contributed by atoms with Gasteiger partial charge in [0.2, 0.25) is 0 Å². The molecular formula is C33H33N. The van der Waals surface area contributed by atoms with Gasteiger partial charge in [0.05, 0.1) is 11.2 Å². The van der Waals surface area contributed by atoms with Crippen LogP contribution in [0.5, 0.6) is 0 Å². The summed E-state index contributed by atoms with van der Waals surface area (Å²) in [5.74, 6) is 0. The minimum Gasteiger partial charge on any atom is -0.312 e. The number of hydrogen-bond acceptors (Lipinski definition) is 0. The molecule has 0 radical (unpaired) electrons. The van der Waals surface area contributed by atoms with E-state index in [0.29, 0.717) is 0 Å². The quantitative estimate of drug-likeness (QED) is 0.269. The first-order valence-corrected chi connectivity index (χ1v) is 12.1. The first-order valence-electron chi connectivity index (χ1n) is 12.1. The van der Waals surface area contributed by atoms with Gasteiger partial charge in [0.15, 0.2) is 0 Å². The zero-order valence-corrected chi connectivity index (χ0v) is 20.9. The van der Waals surface area contributed by atoms with Gasteiger partial charge in [0, 0.05) is 27.3 Å². The Morgan fingerprint density at radius 3 is 2.21 bits per heavy atom. The average Bonchev–Trinajstić information content (AvgIpc) is 3.18. The summed E-state index contributed by atoms with van der Waals surface area (Å²) in [6, 6.07) is 30.5. The highest BCUT2D eigenvalue weighted by molar-refractivity contribution is 6.11. The summed E-state index contributed by atoms with van der Waals surface area (Å²) in [5, 5.41) is 6.22. The first kappa shape index (κ1) is 23.3. The number of aromatic nitrogens is 1. The predicted octanol–water partition coefficient (Wildman–Crippen LogP) is 7.75. The van der Waals surface area contributed by atoms with Crippen molar-refractivity contribution in [1.82, 2.24) is 4.57 Å². The molecule has 0 bridgehead atoms. The van der Waals surface area contributed by atoms with E-state index < -0.39 is 0 Å². The van der Waals surface area contributed by atoms with Crippen LogP contribution in [0.2, 0.25) is 0 Å². The van der Waals surface area contributed by atoms with E-state index in [9.17, 15) is 0 Å². The molecule has 0 aliphatic rings. The molecule has 5 aromatic rings. The zero-order chi connectivity index (χ0) is 24.2. The maximum absolute atomic E-state index is 3.93. The smallest absolute Gasteiger partial charge is 0.0613 e. The molecule has 1 heteroatoms. The van der Waals surface area contributed by atoms with Crippen LogP contribution in [-0.4, -0.2) is 4.57 Å². The molecule has 0 spiro atoms. The molecule has 0 aliphatic carbocycles. The molecule has 0 fully saturated rings. The molecule has 0 amide bonds. The highest BCUT2D eigenvalue weighted by Crippen LogP contribution is 2.39. The number of benzene rings is 4. The van der Waals surface area contributed by atoms with Gasteiger partial charge in [-0.2, -0.15) is 0 Å². The van der Waals surface area contributed by atoms with Gasteiger partial charge < -0.3 is 4.57 Å². The summed E-state index contributed by atoms with van der Waals surface area (Å²) >= 11 is 0. The summed E-state index contributed by atoms with van der Waals surface area (Å²) in [5.41, 5.74) is 7.61. The number of rotatable bonds is 3. The molecule has 0 saturated carbocycles. The first-order chi connectivity index (χ1) is 16.6. The van der Waals surface area contributed by atoms with Crippen LogP contribution in [0.4, 0.5) is 0 Å². The minimum atomic E-state index is 1.18. The summed E-state index contributed by atoms with van der Waals surface area (Å²) in [6.07, 6.45) is 3.95. The van der Waals surface area contributed by atoms with Crippen molar-refractivity contribution in [3.8, 4) is 11.3 Å². The topological polar surface area (TPSA) is 4.93 Å². The molecule has 0 N–H and O–H groups in total. The van der Waals surface area contributed by atoms with E-state index >= 15 is 0 Å². The molecule has 0 saturated heterocycles. The molecule has 170 valence electrons. The van der Waals surface area contributed by atoms with Crippen LogP contribution in [0.3, 0.4) is 0 Å². The van der Waals surface area contributed by atoms with E-state index in [2.05, 4.69) is 123 Å². The Balaban J connectivity index is 0.00000133. The molecular weight excluding hydrogens is 410 g/mol. The summed E-state index contributed by atoms with van der Waals surface area (Å²) in [4.78, 5) is 0. The monoisotopic (exact) mass is 443 g/mol. The second-order valence-electron chi connectivity index (χ2n) is 8.38. The third kappa shape index (κ3) is 3.88. The van der Waals surface area contributed by atoms with Crippen LogP contribution in [0.1, 0.15) is 31.9 Å². The average molecular weight is 444 g/mol. The zero-order valence-electron chi connectivity index (χ0n) is 20.9. The van der Waals surface area contributed by atoms with Crippen LogP contribution in [-0.2, 0) is 0 Å². The van der Waals surface area contributed by atoms with Crippen LogP contribution in [0.15, 0.2) is 97.6 Å². The van der Waals surface area contributed by atoms with Crippen molar-refractivity contribution in [2.75, 3.05) is 0 Å². The van der Waals surface area contributed by atoms with Gasteiger partial charge in [-0.15, -0.1) is 0 Å². The van der Waals surface area contributed by atoms with Gasteiger partial charge in [-0.3, -0.25) is 0 Å². The molecule has 1 aromatic heterocycles. The fourth-order valence-electron chi connectivity index (χ4n) is 4.92. The number of fused-ring (bicyclic) bond motifs is 3. The Morgan fingerprint density at radius 1 is 0.765 bits per heavy atom. The van der Waals surface area contributed by atoms with E-state index in [1.165, 1.54) is 60.2 Å². The summed E-state index contributed by atoms with van der Waals surface area (Å²) < 4.78 is 2.48. The van der Waals surface area contributed by atoms with Gasteiger partial charge in [-0.1, -0.05) is 118 Å². The van der Waals surface area contributed by atoms with Gasteiger partial charge in [0.25, 0.3) is 0 Å². The van der Waals surface area contributed by atoms with E-state index in [1.54, 1.807) is 0 Å². The molecule has 0 unspecified atom stereocenters. The Morgan fingerprint density at radius 2 is 1.44 bits per heavy atom. The van der Waals surface area contributed by atoms with Crippen molar-refractivity contribution >= 4 is 33.4 Å². The Hall–Kier alpha value is -3.84. The van der Waals surface area contributed by atoms with Gasteiger partial charge in [-0.25, -0.2) is 0 Å². The van der Waals surface area contributed by atoms with Gasteiger partial charge in [0.1, 0.15) is 0 Å². The fraction of sp³-hybridized carbons (Fsp3) is 0.152. The molecule has 5 rings (SSSR count). The van der Waals surface area contributed by atoms with Gasteiger partial charge in [-0.05, 0) is 42.5 Å². The predicted molar refractivity (Wildman–Crippen MR) is 151 cm³/mol. The summed E-state index contributed by atoms with van der Waals surface area (Å²) in [6.45, 7) is 14.6. The minimum absolute atomic E-state index is 1.18. The Labute approximate surface area is 203 Å². The summed E-state index contributed by atoms with van der Waals surface area (Å²) in [7, 11) is 0. The van der Waals surface area contributed by atoms with Gasteiger partial charge >= 0.3 is 0 Å². The number of hydrogen-bond donors (Lipinski definition) is 0. The van der Waals surface area contributed by atoms with Crippen molar-refractivity contribution in [2.45, 2.75) is 34.6 Å². The largest absolute Gasteiger partial charge is 0.312 e. The number of aryl methyl sites for hydroxylation is 2. The Bertz CT molecular complexity index is 1610. The maximum atomic E-state index is 3.93. The van der Waals surface area contributed by atoms with Crippen molar-refractivity contribution in [3.63, 3.8) is 0 Å². The standard InChI is InChI=1S/C31H27N.C2H6/c1-5-12-24-14-7-10-17-28(24)23(4)32-30(26-16-9-6-13-21(26)2)22(3)27-20-19-25-15-8-11-18-29(25)31(27)32;1-2/h5-20H,1H2,2-4H3;1-2H3/b24-12-,28-23+;. The lowest BCUT2D eigenvalue weighted by atomic mass is 10.0. The molecule has 1 heterocycles. The third-order valence-corrected chi connectivity index (χ3v) is 6.49. The van der Waals surface area contributed by atoms with Crippen molar-refractivity contribution in [2.24, 2.45) is 0 Å². The van der Waals surface area contributed by atoms with Crippen LogP contribution < -0.4 is 10.4 Å². The van der Waals surface area contributed by atoms with E-state index in [-0.39, 0.29) is 0 Å². The molecule has 4 aromatic carbocycles. The second kappa shape index (κ2) is 9.97. The van der Waals surface area contributed by atoms with Crippen molar-refractivity contribution < 1.29 is 0 Å². The number of allylic oxidation sites excluding steroid dienone is 1. The van der Waals surface area contributed by atoms with Crippen LogP contribution in [0, 0.1) is 13.8 Å². The fourth-order valence-corrected chi connectivity index (χ4v) is 4.92. The molecule has 1 nitrogen and oxygen atoms in total. The second-order valence-corrected chi connectivity index (χ2v) is 8.38. The third-order valence-electron chi connectivity index (χ3n) is 6.49. The van der Waals surface area contributed by atoms with E-state index in [4.69, 9.17) is 0 Å². The van der Waals surface area contributed by atoms with E-state index in [1.807, 2.05) is 19.9 Å². The lowest BCUT2D eigenvalue weighted by molar-refractivity contribution is 1.12. The molecule has 0 aliphatic heterocycles. The van der Waals surface area contributed by atoms with Crippen molar-refractivity contribution in [3.05, 3.63) is 119 Å². The SMILES string of the molecule is C=C/C=c1/cccc/c1=C(/C)n1c(-c2ccccc2C)c(C)c2ccc3ccccc3c21.CC. The maximum Gasteiger partial charge on any atom is 0.0613 e. The normalized spacial score (nSPS) is 12.4. The molecule has 0 atom stereocenters. The lowest BCUT2D eigenvalue weighted by Gasteiger charge is -2.16.